The van der Waals surface area contributed by atoms with E-state index >= 15 is 0 Å². The first kappa shape index (κ1) is 33.5. The smallest absolute Gasteiger partial charge is 0.387 e. The lowest BCUT2D eigenvalue weighted by atomic mass is 9.91. The standard InChI is InChI=1S/C33H40F4N4O5/c1-3-40(25-11-13-33(36,37)14-12-25)31(44)26-6-4-5-24(39-26)17-38-30(43)27-15-23(18-41(27)20(2)42)22-9-10-28(46-32(34)35)29(16-22)45-19-21-7-8-21/h4-6,9-10,16,21,23,25,27,32H,3,7-8,11-15,17-19H2,1-2H3,(H,38,43)/t23?,27-/m1/s1. The number of nitrogens with zero attached hydrogens (tertiary/aromatic N) is 3. The minimum absolute atomic E-state index is 0.00740. The lowest BCUT2D eigenvalue weighted by Crippen LogP contribution is -2.45. The predicted octanol–water partition coefficient (Wildman–Crippen LogP) is 5.53. The number of alkyl halides is 4. The number of aromatic nitrogens is 1. The molecule has 3 amide bonds. The van der Waals surface area contributed by atoms with Gasteiger partial charge in [-0.25, -0.2) is 13.8 Å². The van der Waals surface area contributed by atoms with Crippen LogP contribution in [0.4, 0.5) is 17.6 Å². The van der Waals surface area contributed by atoms with Crippen molar-refractivity contribution in [2.24, 2.45) is 5.92 Å². The van der Waals surface area contributed by atoms with Gasteiger partial charge in [0.1, 0.15) is 11.7 Å². The third-order valence-electron chi connectivity index (χ3n) is 9.03. The van der Waals surface area contributed by atoms with Crippen LogP contribution >= 0.6 is 0 Å². The van der Waals surface area contributed by atoms with Crippen LogP contribution in [0.25, 0.3) is 0 Å². The molecule has 2 heterocycles. The fraction of sp³-hybridized carbons (Fsp3) is 0.576. The van der Waals surface area contributed by atoms with Crippen LogP contribution in [0.5, 0.6) is 11.5 Å². The predicted molar refractivity (Wildman–Crippen MR) is 160 cm³/mol. The summed E-state index contributed by atoms with van der Waals surface area (Å²) in [5, 5.41) is 2.83. The van der Waals surface area contributed by atoms with Crippen molar-refractivity contribution in [1.29, 1.82) is 0 Å². The van der Waals surface area contributed by atoms with E-state index in [0.717, 1.165) is 18.4 Å². The second-order valence-corrected chi connectivity index (χ2v) is 12.4. The van der Waals surface area contributed by atoms with E-state index in [4.69, 9.17) is 4.74 Å². The highest BCUT2D eigenvalue weighted by Gasteiger charge is 2.40. The minimum Gasteiger partial charge on any atom is -0.489 e. The number of halogens is 4. The molecule has 1 N–H and O–H groups in total. The van der Waals surface area contributed by atoms with Crippen molar-refractivity contribution in [3.05, 3.63) is 53.3 Å². The first-order chi connectivity index (χ1) is 21.9. The van der Waals surface area contributed by atoms with Gasteiger partial charge in [-0.05, 0) is 74.8 Å². The third-order valence-corrected chi connectivity index (χ3v) is 9.03. The monoisotopic (exact) mass is 648 g/mol. The van der Waals surface area contributed by atoms with Crippen LogP contribution in [0.15, 0.2) is 36.4 Å². The molecule has 46 heavy (non-hydrogen) atoms. The molecule has 1 aromatic carbocycles. The summed E-state index contributed by atoms with van der Waals surface area (Å²) in [6.07, 6.45) is 2.28. The van der Waals surface area contributed by atoms with Gasteiger partial charge in [-0.1, -0.05) is 12.1 Å². The number of likely N-dealkylation sites (tertiary alicyclic amines) is 1. The van der Waals surface area contributed by atoms with Gasteiger partial charge in [0.05, 0.1) is 18.8 Å². The summed E-state index contributed by atoms with van der Waals surface area (Å²) < 4.78 is 63.8. The largest absolute Gasteiger partial charge is 0.489 e. The number of amides is 3. The van der Waals surface area contributed by atoms with Gasteiger partial charge in [0.15, 0.2) is 11.5 Å². The van der Waals surface area contributed by atoms with Gasteiger partial charge in [0.2, 0.25) is 17.7 Å². The molecule has 2 aliphatic carbocycles. The molecule has 9 nitrogen and oxygen atoms in total. The molecule has 0 spiro atoms. The Balaban J connectivity index is 1.23. The molecule has 2 aromatic rings. The maximum absolute atomic E-state index is 13.7. The van der Waals surface area contributed by atoms with Gasteiger partial charge >= 0.3 is 6.61 Å². The number of rotatable bonds is 12. The molecule has 13 heteroatoms. The number of benzene rings is 1. The topological polar surface area (TPSA) is 101 Å². The van der Waals surface area contributed by atoms with Gasteiger partial charge in [0.25, 0.3) is 5.91 Å². The zero-order chi connectivity index (χ0) is 33.0. The molecule has 0 bridgehead atoms. The molecule has 3 fully saturated rings. The van der Waals surface area contributed by atoms with Crippen LogP contribution in [0.1, 0.15) is 86.5 Å². The van der Waals surface area contributed by atoms with Crippen LogP contribution in [0.2, 0.25) is 0 Å². The normalized spacial score (nSPS) is 21.2. The Bertz CT molecular complexity index is 1410. The molecule has 5 rings (SSSR count). The highest BCUT2D eigenvalue weighted by molar-refractivity contribution is 5.92. The van der Waals surface area contributed by atoms with Crippen molar-refractivity contribution < 1.29 is 41.4 Å². The molecule has 3 aliphatic rings. The number of ether oxygens (including phenoxy) is 2. The Morgan fingerprint density at radius 2 is 1.83 bits per heavy atom. The average molecular weight is 649 g/mol. The van der Waals surface area contributed by atoms with Gasteiger partial charge < -0.3 is 24.6 Å². The molecule has 1 saturated heterocycles. The van der Waals surface area contributed by atoms with E-state index in [-0.39, 0.29) is 79.7 Å². The van der Waals surface area contributed by atoms with Gasteiger partial charge in [0, 0.05) is 44.8 Å². The number of hydrogen-bond donors (Lipinski definition) is 1. The molecule has 1 aliphatic heterocycles. The lowest BCUT2D eigenvalue weighted by Gasteiger charge is -2.36. The molecule has 250 valence electrons. The molecular formula is C33H40F4N4O5. The number of nitrogens with one attached hydrogen (secondary N) is 1. The highest BCUT2D eigenvalue weighted by atomic mass is 19.3. The summed E-state index contributed by atoms with van der Waals surface area (Å²) in [6, 6.07) is 8.54. The van der Waals surface area contributed by atoms with Crippen molar-refractivity contribution in [1.82, 2.24) is 20.1 Å². The zero-order valence-corrected chi connectivity index (χ0v) is 26.0. The summed E-state index contributed by atoms with van der Waals surface area (Å²) in [7, 11) is 0. The number of pyridine rings is 1. The van der Waals surface area contributed by atoms with Crippen LogP contribution in [0.3, 0.4) is 0 Å². The van der Waals surface area contributed by atoms with Crippen molar-refractivity contribution >= 4 is 17.7 Å². The van der Waals surface area contributed by atoms with Crippen LogP contribution < -0.4 is 14.8 Å². The summed E-state index contributed by atoms with van der Waals surface area (Å²) in [4.78, 5) is 46.7. The fourth-order valence-electron chi connectivity index (χ4n) is 6.29. The summed E-state index contributed by atoms with van der Waals surface area (Å²) in [6.45, 7) is 1.20. The lowest BCUT2D eigenvalue weighted by molar-refractivity contribution is -0.136. The average Bonchev–Trinajstić information content (AvgIpc) is 3.75. The van der Waals surface area contributed by atoms with Gasteiger partial charge in [-0.2, -0.15) is 8.78 Å². The van der Waals surface area contributed by atoms with E-state index in [9.17, 15) is 31.9 Å². The van der Waals surface area contributed by atoms with Gasteiger partial charge in [-0.15, -0.1) is 0 Å². The van der Waals surface area contributed by atoms with Crippen LogP contribution in [-0.4, -0.2) is 76.8 Å². The Hall–Kier alpha value is -3.90. The molecular weight excluding hydrogens is 608 g/mol. The van der Waals surface area contributed by atoms with E-state index in [1.807, 2.05) is 0 Å². The quantitative estimate of drug-likeness (QED) is 0.304. The van der Waals surface area contributed by atoms with Crippen molar-refractivity contribution in [2.75, 3.05) is 19.7 Å². The Labute approximate surface area is 265 Å². The molecule has 0 radical (unpaired) electrons. The third kappa shape index (κ3) is 8.27. The fourth-order valence-corrected chi connectivity index (χ4v) is 6.29. The second-order valence-electron chi connectivity index (χ2n) is 12.4. The van der Waals surface area contributed by atoms with E-state index in [0.29, 0.717) is 31.2 Å². The van der Waals surface area contributed by atoms with E-state index in [1.165, 1.54) is 17.9 Å². The Kier molecular flexibility index (Phi) is 10.4. The SMILES string of the molecule is CCN(C(=O)c1cccc(CNC(=O)[C@H]2CC(c3ccc(OC(F)F)c(OCC4CC4)c3)CN2C(C)=O)n1)C1CCC(F)(F)CC1. The van der Waals surface area contributed by atoms with E-state index in [1.54, 1.807) is 42.2 Å². The molecule has 1 unspecified atom stereocenters. The molecule has 1 aromatic heterocycles. The van der Waals surface area contributed by atoms with Crippen molar-refractivity contribution in [2.45, 2.75) is 95.9 Å². The van der Waals surface area contributed by atoms with Gasteiger partial charge in [-0.3, -0.25) is 14.4 Å². The minimum atomic E-state index is -3.01. The number of carbonyl (C=O) groups is 3. The van der Waals surface area contributed by atoms with E-state index in [2.05, 4.69) is 15.0 Å². The van der Waals surface area contributed by atoms with Crippen LogP contribution in [-0.2, 0) is 16.1 Å². The maximum atomic E-state index is 13.7. The first-order valence-electron chi connectivity index (χ1n) is 15.8. The molecule has 2 saturated carbocycles. The maximum Gasteiger partial charge on any atom is 0.387 e. The zero-order valence-electron chi connectivity index (χ0n) is 26.0. The molecule has 2 atom stereocenters. The first-order valence-corrected chi connectivity index (χ1v) is 15.8. The Morgan fingerprint density at radius 1 is 1.09 bits per heavy atom. The summed E-state index contributed by atoms with van der Waals surface area (Å²) in [5.74, 6) is -3.44. The second kappa shape index (κ2) is 14.3. The summed E-state index contributed by atoms with van der Waals surface area (Å²) >= 11 is 0. The summed E-state index contributed by atoms with van der Waals surface area (Å²) in [5.41, 5.74) is 1.33. The van der Waals surface area contributed by atoms with Crippen LogP contribution in [0, 0.1) is 5.92 Å². The highest BCUT2D eigenvalue weighted by Crippen LogP contribution is 2.39. The Morgan fingerprint density at radius 3 is 2.48 bits per heavy atom. The van der Waals surface area contributed by atoms with E-state index < -0.39 is 24.5 Å². The number of hydrogen-bond acceptors (Lipinski definition) is 6. The number of carbonyl (C=O) groups excluding carboxylic acids is 3. The van der Waals surface area contributed by atoms with Crippen molar-refractivity contribution in [3.63, 3.8) is 0 Å². The van der Waals surface area contributed by atoms with Crippen molar-refractivity contribution in [3.8, 4) is 11.5 Å².